The molecule has 0 aromatic heterocycles. The van der Waals surface area contributed by atoms with Gasteiger partial charge in [-0.3, -0.25) is 14.5 Å². The van der Waals surface area contributed by atoms with Crippen molar-refractivity contribution >= 4 is 11.8 Å². The number of hydrogen-bond acceptors (Lipinski definition) is 3. The third kappa shape index (κ3) is 2.50. The van der Waals surface area contributed by atoms with Gasteiger partial charge in [-0.1, -0.05) is 34.1 Å². The molecule has 3 atom stereocenters. The molecule has 4 nitrogen and oxygen atoms in total. The zero-order valence-electron chi connectivity index (χ0n) is 13.1. The molecule has 1 aliphatic carbocycles. The first kappa shape index (κ1) is 15.5. The van der Waals surface area contributed by atoms with E-state index in [1.54, 1.807) is 0 Å². The van der Waals surface area contributed by atoms with Gasteiger partial charge in [0, 0.05) is 12.6 Å². The van der Waals surface area contributed by atoms with Crippen LogP contribution in [0.15, 0.2) is 0 Å². The first-order valence-corrected chi connectivity index (χ1v) is 7.79. The van der Waals surface area contributed by atoms with Crippen molar-refractivity contribution in [1.29, 1.82) is 0 Å². The number of aliphatic hydroxyl groups is 1. The van der Waals surface area contributed by atoms with Crippen LogP contribution < -0.4 is 0 Å². The van der Waals surface area contributed by atoms with Gasteiger partial charge in [-0.2, -0.15) is 0 Å². The van der Waals surface area contributed by atoms with Crippen LogP contribution in [0.2, 0.25) is 0 Å². The molecule has 2 aliphatic rings. The molecule has 20 heavy (non-hydrogen) atoms. The number of carbonyl (C=O) groups excluding carboxylic acids is 2. The van der Waals surface area contributed by atoms with Gasteiger partial charge in [0.25, 0.3) is 0 Å². The van der Waals surface area contributed by atoms with E-state index >= 15 is 0 Å². The summed E-state index contributed by atoms with van der Waals surface area (Å²) in [6, 6.07) is -0.196. The van der Waals surface area contributed by atoms with E-state index in [1.165, 1.54) is 4.90 Å². The van der Waals surface area contributed by atoms with E-state index in [9.17, 15) is 14.7 Å². The van der Waals surface area contributed by atoms with Gasteiger partial charge in [-0.25, -0.2) is 0 Å². The van der Waals surface area contributed by atoms with Crippen molar-refractivity contribution in [2.45, 2.75) is 59.4 Å². The highest BCUT2D eigenvalue weighted by Crippen LogP contribution is 2.46. The molecule has 1 saturated heterocycles. The van der Waals surface area contributed by atoms with Crippen molar-refractivity contribution in [3.8, 4) is 0 Å². The van der Waals surface area contributed by atoms with E-state index < -0.39 is 0 Å². The Balaban J connectivity index is 2.22. The van der Waals surface area contributed by atoms with E-state index in [2.05, 4.69) is 6.92 Å². The summed E-state index contributed by atoms with van der Waals surface area (Å²) in [5.74, 6) is 0.326. The molecule has 2 fully saturated rings. The first-order chi connectivity index (χ1) is 9.31. The minimum absolute atomic E-state index is 0.00400. The molecular formula is C16H27NO3. The summed E-state index contributed by atoms with van der Waals surface area (Å²) in [7, 11) is 0. The average Bonchev–Trinajstić information content (AvgIpc) is 2.88. The number of amides is 2. The Hall–Kier alpha value is -0.900. The van der Waals surface area contributed by atoms with Crippen molar-refractivity contribution in [2.75, 3.05) is 6.61 Å². The number of carbonyl (C=O) groups is 2. The van der Waals surface area contributed by atoms with E-state index in [-0.39, 0.29) is 41.7 Å². The highest BCUT2D eigenvalue weighted by molar-refractivity contribution is 6.05. The lowest BCUT2D eigenvalue weighted by Crippen LogP contribution is -2.48. The zero-order valence-corrected chi connectivity index (χ0v) is 13.1. The molecule has 114 valence electrons. The van der Waals surface area contributed by atoms with Crippen LogP contribution in [0.4, 0.5) is 0 Å². The van der Waals surface area contributed by atoms with E-state index in [4.69, 9.17) is 0 Å². The average molecular weight is 281 g/mol. The molecule has 4 heteroatoms. The fourth-order valence-electron chi connectivity index (χ4n) is 3.87. The molecule has 2 rings (SSSR count). The highest BCUT2D eigenvalue weighted by atomic mass is 16.3. The quantitative estimate of drug-likeness (QED) is 0.804. The molecule has 0 aromatic carbocycles. The monoisotopic (exact) mass is 281 g/mol. The molecule has 0 bridgehead atoms. The van der Waals surface area contributed by atoms with Gasteiger partial charge in [0.2, 0.25) is 11.8 Å². The van der Waals surface area contributed by atoms with Gasteiger partial charge in [0.15, 0.2) is 0 Å². The van der Waals surface area contributed by atoms with Gasteiger partial charge >= 0.3 is 0 Å². The van der Waals surface area contributed by atoms with E-state index in [1.807, 2.05) is 20.8 Å². The Labute approximate surface area is 121 Å². The summed E-state index contributed by atoms with van der Waals surface area (Å²) < 4.78 is 0. The summed E-state index contributed by atoms with van der Waals surface area (Å²) in [5.41, 5.74) is -0.198. The Morgan fingerprint density at radius 1 is 1.20 bits per heavy atom. The molecule has 0 aromatic rings. The molecule has 1 heterocycles. The van der Waals surface area contributed by atoms with Crippen LogP contribution in [-0.2, 0) is 9.59 Å². The molecule has 0 radical (unpaired) electrons. The van der Waals surface area contributed by atoms with Gasteiger partial charge < -0.3 is 5.11 Å². The van der Waals surface area contributed by atoms with Crippen LogP contribution in [0.5, 0.6) is 0 Å². The first-order valence-electron chi connectivity index (χ1n) is 7.79. The number of likely N-dealkylation sites (tertiary alicyclic amines) is 1. The summed E-state index contributed by atoms with van der Waals surface area (Å²) in [4.78, 5) is 26.8. The fourth-order valence-corrected chi connectivity index (χ4v) is 3.87. The van der Waals surface area contributed by atoms with Crippen molar-refractivity contribution < 1.29 is 14.7 Å². The van der Waals surface area contributed by atoms with Gasteiger partial charge in [0.05, 0.1) is 11.8 Å². The minimum Gasteiger partial charge on any atom is -0.396 e. The van der Waals surface area contributed by atoms with Crippen LogP contribution in [0.3, 0.4) is 0 Å². The van der Waals surface area contributed by atoms with Crippen molar-refractivity contribution in [1.82, 2.24) is 4.90 Å². The molecule has 2 amide bonds. The second-order valence-electron chi connectivity index (χ2n) is 7.40. The number of aliphatic hydroxyl groups excluding tert-OH is 1. The topological polar surface area (TPSA) is 57.6 Å². The third-order valence-electron chi connectivity index (χ3n) is 5.06. The van der Waals surface area contributed by atoms with Crippen LogP contribution in [-0.4, -0.2) is 34.5 Å². The number of fused-ring (bicyclic) bond motifs is 1. The van der Waals surface area contributed by atoms with Crippen LogP contribution in [0.1, 0.15) is 53.4 Å². The van der Waals surface area contributed by atoms with Gasteiger partial charge in [-0.15, -0.1) is 0 Å². The Morgan fingerprint density at radius 3 is 2.05 bits per heavy atom. The van der Waals surface area contributed by atoms with Gasteiger partial charge in [0.1, 0.15) is 0 Å². The van der Waals surface area contributed by atoms with Crippen LogP contribution in [0.25, 0.3) is 0 Å². The van der Waals surface area contributed by atoms with Crippen LogP contribution >= 0.6 is 0 Å². The van der Waals surface area contributed by atoms with Gasteiger partial charge in [-0.05, 0) is 30.6 Å². The lowest BCUT2D eigenvalue weighted by molar-refractivity contribution is -0.146. The number of hydrogen-bond donors (Lipinski definition) is 1. The van der Waals surface area contributed by atoms with E-state index in [0.29, 0.717) is 12.3 Å². The molecule has 1 saturated carbocycles. The SMILES string of the molecule is CCC1CC2C(=O)N(C(CCO)C(C)(C)C)C(=O)C2C1. The smallest absolute Gasteiger partial charge is 0.233 e. The Morgan fingerprint density at radius 2 is 1.70 bits per heavy atom. The van der Waals surface area contributed by atoms with Crippen LogP contribution in [0, 0.1) is 23.2 Å². The Bertz CT molecular complexity index is 375. The largest absolute Gasteiger partial charge is 0.396 e. The predicted octanol–water partition coefficient (Wildman–Crippen LogP) is 2.20. The maximum atomic E-state index is 12.6. The molecule has 1 N–H and O–H groups in total. The van der Waals surface area contributed by atoms with Crippen molar-refractivity contribution in [2.24, 2.45) is 23.2 Å². The summed E-state index contributed by atoms with van der Waals surface area (Å²) >= 11 is 0. The Kier molecular flexibility index (Phi) is 4.24. The third-order valence-corrected chi connectivity index (χ3v) is 5.06. The number of imide groups is 1. The number of rotatable bonds is 4. The lowest BCUT2D eigenvalue weighted by atomic mass is 9.83. The number of nitrogens with zero attached hydrogens (tertiary/aromatic N) is 1. The fraction of sp³-hybridized carbons (Fsp3) is 0.875. The zero-order chi connectivity index (χ0) is 15.1. The standard InChI is InChI=1S/C16H27NO3/c1-5-10-8-11-12(9-10)15(20)17(14(11)19)13(6-7-18)16(2,3)4/h10-13,18H,5-9H2,1-4H3. The molecular weight excluding hydrogens is 254 g/mol. The maximum absolute atomic E-state index is 12.6. The van der Waals surface area contributed by atoms with E-state index in [0.717, 1.165) is 19.3 Å². The summed E-state index contributed by atoms with van der Waals surface area (Å²) in [5, 5.41) is 9.27. The maximum Gasteiger partial charge on any atom is 0.233 e. The summed E-state index contributed by atoms with van der Waals surface area (Å²) in [6.07, 6.45) is 3.24. The highest BCUT2D eigenvalue weighted by Gasteiger charge is 2.55. The molecule has 0 spiro atoms. The second-order valence-corrected chi connectivity index (χ2v) is 7.40. The molecule has 1 aliphatic heterocycles. The van der Waals surface area contributed by atoms with Crippen molar-refractivity contribution in [3.63, 3.8) is 0 Å². The minimum atomic E-state index is -0.198. The summed E-state index contributed by atoms with van der Waals surface area (Å²) in [6.45, 7) is 8.21. The normalized spacial score (nSPS) is 31.9. The molecule has 3 unspecified atom stereocenters. The second kappa shape index (κ2) is 5.47. The lowest BCUT2D eigenvalue weighted by Gasteiger charge is -2.37. The predicted molar refractivity (Wildman–Crippen MR) is 76.8 cm³/mol. The van der Waals surface area contributed by atoms with Crippen molar-refractivity contribution in [3.05, 3.63) is 0 Å².